The van der Waals surface area contributed by atoms with Crippen LogP contribution in [0, 0.1) is 5.92 Å². The number of nitrogens with one attached hydrogen (secondary N) is 1. The summed E-state index contributed by atoms with van der Waals surface area (Å²) in [4.78, 5) is 27.5. The molecule has 120 valence electrons. The van der Waals surface area contributed by atoms with Crippen LogP contribution < -0.4 is 5.32 Å². The lowest BCUT2D eigenvalue weighted by Gasteiger charge is -2.36. The molecule has 2 aliphatic rings. The van der Waals surface area contributed by atoms with Crippen molar-refractivity contribution in [2.75, 3.05) is 39.9 Å². The minimum atomic E-state index is -0.00109. The molecule has 3 amide bonds. The molecule has 0 aromatic carbocycles. The molecule has 2 rings (SSSR count). The first kappa shape index (κ1) is 16.1. The van der Waals surface area contributed by atoms with Crippen molar-refractivity contribution in [2.24, 2.45) is 5.92 Å². The summed E-state index contributed by atoms with van der Waals surface area (Å²) in [6.07, 6.45) is 4.56. The summed E-state index contributed by atoms with van der Waals surface area (Å²) < 4.78 is 4.86. The Kier molecular flexibility index (Phi) is 5.85. The molecule has 1 saturated carbocycles. The van der Waals surface area contributed by atoms with Crippen molar-refractivity contribution < 1.29 is 14.3 Å². The lowest BCUT2D eigenvalue weighted by Crippen LogP contribution is -2.55. The van der Waals surface area contributed by atoms with Gasteiger partial charge in [0.05, 0.1) is 0 Å². The Morgan fingerprint density at radius 3 is 2.19 bits per heavy atom. The second-order valence-corrected chi connectivity index (χ2v) is 6.21. The highest BCUT2D eigenvalue weighted by molar-refractivity contribution is 5.78. The van der Waals surface area contributed by atoms with Crippen LogP contribution in [0.3, 0.4) is 0 Å². The number of ether oxygens (including phenoxy) is 1. The Morgan fingerprint density at radius 2 is 1.62 bits per heavy atom. The topological polar surface area (TPSA) is 61.9 Å². The summed E-state index contributed by atoms with van der Waals surface area (Å²) in [5.74, 6) is 0.785. The van der Waals surface area contributed by atoms with E-state index in [0.29, 0.717) is 32.2 Å². The maximum absolute atomic E-state index is 12.2. The first-order chi connectivity index (χ1) is 10.1. The zero-order valence-electron chi connectivity index (χ0n) is 13.1. The summed E-state index contributed by atoms with van der Waals surface area (Å²) in [6.45, 7) is 4.78. The number of amides is 3. The zero-order valence-corrected chi connectivity index (χ0v) is 13.1. The maximum Gasteiger partial charge on any atom is 0.317 e. The van der Waals surface area contributed by atoms with Crippen molar-refractivity contribution in [1.29, 1.82) is 0 Å². The molecule has 0 radical (unpaired) electrons. The fourth-order valence-corrected chi connectivity index (χ4v) is 3.04. The number of carbonyl (C=O) groups excluding carboxylic acids is 2. The van der Waals surface area contributed by atoms with E-state index in [1.807, 2.05) is 4.90 Å². The molecule has 1 saturated heterocycles. The van der Waals surface area contributed by atoms with Crippen LogP contribution in [-0.2, 0) is 9.53 Å². The molecule has 0 atom stereocenters. The highest BCUT2D eigenvalue weighted by Gasteiger charge is 2.26. The Labute approximate surface area is 126 Å². The van der Waals surface area contributed by atoms with E-state index in [1.165, 1.54) is 20.0 Å². The minimum Gasteiger partial charge on any atom is -0.375 e. The van der Waals surface area contributed by atoms with Crippen LogP contribution in [0.1, 0.15) is 32.6 Å². The third-order valence-electron chi connectivity index (χ3n) is 4.53. The molecule has 0 spiro atoms. The van der Waals surface area contributed by atoms with Crippen LogP contribution >= 0.6 is 0 Å². The van der Waals surface area contributed by atoms with Gasteiger partial charge in [-0.05, 0) is 31.6 Å². The average molecular weight is 297 g/mol. The van der Waals surface area contributed by atoms with Crippen LogP contribution in [0.4, 0.5) is 4.79 Å². The number of rotatable bonds is 3. The van der Waals surface area contributed by atoms with Gasteiger partial charge in [-0.15, -0.1) is 0 Å². The Morgan fingerprint density at radius 1 is 1.05 bits per heavy atom. The van der Waals surface area contributed by atoms with E-state index in [2.05, 4.69) is 12.2 Å². The monoisotopic (exact) mass is 297 g/mol. The Bertz CT molecular complexity index is 359. The smallest absolute Gasteiger partial charge is 0.317 e. The molecule has 0 aromatic rings. The van der Waals surface area contributed by atoms with Crippen molar-refractivity contribution in [3.63, 3.8) is 0 Å². The Hall–Kier alpha value is -1.30. The number of methoxy groups -OCH3 is 1. The van der Waals surface area contributed by atoms with Crippen LogP contribution in [0.5, 0.6) is 0 Å². The van der Waals surface area contributed by atoms with E-state index < -0.39 is 0 Å². The third kappa shape index (κ3) is 4.59. The predicted molar refractivity (Wildman–Crippen MR) is 80.0 cm³/mol. The summed E-state index contributed by atoms with van der Waals surface area (Å²) in [6, 6.07) is 0.343. The van der Waals surface area contributed by atoms with Gasteiger partial charge < -0.3 is 19.9 Å². The van der Waals surface area contributed by atoms with Gasteiger partial charge in [-0.3, -0.25) is 4.79 Å². The minimum absolute atomic E-state index is 0.00109. The van der Waals surface area contributed by atoms with E-state index in [1.54, 1.807) is 4.90 Å². The third-order valence-corrected chi connectivity index (χ3v) is 4.53. The number of piperazine rings is 1. The predicted octanol–water partition coefficient (Wildman–Crippen LogP) is 1.07. The molecule has 1 N–H and O–H groups in total. The molecule has 6 nitrogen and oxygen atoms in total. The van der Waals surface area contributed by atoms with E-state index >= 15 is 0 Å². The molecule has 0 unspecified atom stereocenters. The standard InChI is InChI=1S/C15H27N3O3/c1-12-3-5-13(6-4-12)16-15(20)18-9-7-17(8-10-18)14(19)11-21-2/h12-13H,3-11H2,1-2H3,(H,16,20). The van der Waals surface area contributed by atoms with E-state index in [9.17, 15) is 9.59 Å². The van der Waals surface area contributed by atoms with Gasteiger partial charge in [0.15, 0.2) is 0 Å². The van der Waals surface area contributed by atoms with Gasteiger partial charge in [0.2, 0.25) is 5.91 Å². The second kappa shape index (κ2) is 7.64. The van der Waals surface area contributed by atoms with Crippen molar-refractivity contribution in [3.05, 3.63) is 0 Å². The molecule has 1 aliphatic carbocycles. The number of nitrogens with zero attached hydrogens (tertiary/aromatic N) is 2. The molecule has 6 heteroatoms. The highest BCUT2D eigenvalue weighted by atomic mass is 16.5. The van der Waals surface area contributed by atoms with Crippen LogP contribution in [0.2, 0.25) is 0 Å². The summed E-state index contributed by atoms with van der Waals surface area (Å²) in [5, 5.41) is 3.14. The molecule has 0 bridgehead atoms. The quantitative estimate of drug-likeness (QED) is 0.847. The van der Waals surface area contributed by atoms with Gasteiger partial charge in [0.25, 0.3) is 0 Å². The second-order valence-electron chi connectivity index (χ2n) is 6.21. The lowest BCUT2D eigenvalue weighted by atomic mass is 9.87. The van der Waals surface area contributed by atoms with Gasteiger partial charge in [0, 0.05) is 39.3 Å². The van der Waals surface area contributed by atoms with Crippen molar-refractivity contribution in [3.8, 4) is 0 Å². The van der Waals surface area contributed by atoms with Crippen LogP contribution in [-0.4, -0.2) is 67.7 Å². The van der Waals surface area contributed by atoms with Gasteiger partial charge >= 0.3 is 6.03 Å². The van der Waals surface area contributed by atoms with E-state index in [4.69, 9.17) is 4.74 Å². The van der Waals surface area contributed by atoms with Crippen LogP contribution in [0.15, 0.2) is 0 Å². The maximum atomic E-state index is 12.2. The molecule has 0 aromatic heterocycles. The molecule has 1 aliphatic heterocycles. The Balaban J connectivity index is 1.71. The molecular formula is C15H27N3O3. The number of urea groups is 1. The van der Waals surface area contributed by atoms with Gasteiger partial charge in [-0.25, -0.2) is 4.79 Å². The SMILES string of the molecule is COCC(=O)N1CCN(C(=O)NC2CCC(C)CC2)CC1. The normalized spacial score (nSPS) is 26.6. The van der Waals surface area contributed by atoms with E-state index in [-0.39, 0.29) is 18.5 Å². The first-order valence-corrected chi connectivity index (χ1v) is 7.92. The van der Waals surface area contributed by atoms with Gasteiger partial charge in [0.1, 0.15) is 6.61 Å². The summed E-state index contributed by atoms with van der Waals surface area (Å²) in [7, 11) is 1.52. The highest BCUT2D eigenvalue weighted by Crippen LogP contribution is 2.23. The average Bonchev–Trinajstić information content (AvgIpc) is 2.50. The number of hydrogen-bond donors (Lipinski definition) is 1. The zero-order chi connectivity index (χ0) is 15.2. The fourth-order valence-electron chi connectivity index (χ4n) is 3.04. The van der Waals surface area contributed by atoms with Crippen molar-refractivity contribution in [2.45, 2.75) is 38.6 Å². The number of carbonyl (C=O) groups is 2. The summed E-state index contributed by atoms with van der Waals surface area (Å²) in [5.41, 5.74) is 0. The largest absolute Gasteiger partial charge is 0.375 e. The van der Waals surface area contributed by atoms with E-state index in [0.717, 1.165) is 18.8 Å². The van der Waals surface area contributed by atoms with Crippen molar-refractivity contribution in [1.82, 2.24) is 15.1 Å². The first-order valence-electron chi connectivity index (χ1n) is 7.92. The fraction of sp³-hybridized carbons (Fsp3) is 0.867. The molecule has 1 heterocycles. The summed E-state index contributed by atoms with van der Waals surface area (Å²) >= 11 is 0. The van der Waals surface area contributed by atoms with Crippen molar-refractivity contribution >= 4 is 11.9 Å². The van der Waals surface area contributed by atoms with Crippen LogP contribution in [0.25, 0.3) is 0 Å². The van der Waals surface area contributed by atoms with Gasteiger partial charge in [-0.1, -0.05) is 6.92 Å². The molecule has 21 heavy (non-hydrogen) atoms. The van der Waals surface area contributed by atoms with Gasteiger partial charge in [-0.2, -0.15) is 0 Å². The lowest BCUT2D eigenvalue weighted by molar-refractivity contribution is -0.136. The molecular weight excluding hydrogens is 270 g/mol. The molecule has 2 fully saturated rings. The number of hydrogen-bond acceptors (Lipinski definition) is 3.